The second-order valence-corrected chi connectivity index (χ2v) is 9.04. The zero-order valence-electron chi connectivity index (χ0n) is 18.8. The van der Waals surface area contributed by atoms with E-state index in [1.54, 1.807) is 4.57 Å². The fourth-order valence-electron chi connectivity index (χ4n) is 3.47. The second kappa shape index (κ2) is 9.00. The normalized spacial score (nSPS) is 12.2. The van der Waals surface area contributed by atoms with Gasteiger partial charge in [-0.25, -0.2) is 9.78 Å². The molecule has 0 radical (unpaired) electrons. The Bertz CT molecular complexity index is 1040. The molecule has 0 unspecified atom stereocenters. The van der Waals surface area contributed by atoms with Crippen LogP contribution in [-0.2, 0) is 19.5 Å². The maximum atomic E-state index is 12.7. The molecule has 2 aromatic heterocycles. The first-order valence-electron chi connectivity index (χ1n) is 10.7. The minimum Gasteiger partial charge on any atom is -0.368 e. The van der Waals surface area contributed by atoms with Crippen LogP contribution in [-0.4, -0.2) is 37.0 Å². The van der Waals surface area contributed by atoms with Crippen LogP contribution >= 0.6 is 0 Å². The van der Waals surface area contributed by atoms with Crippen molar-refractivity contribution in [2.75, 3.05) is 12.8 Å². The van der Waals surface area contributed by atoms with Crippen LogP contribution in [0.15, 0.2) is 29.1 Å². The highest BCUT2D eigenvalue weighted by molar-refractivity contribution is 5.75. The number of rotatable bonds is 8. The summed E-state index contributed by atoms with van der Waals surface area (Å²) in [5.74, 6) is 0.203. The summed E-state index contributed by atoms with van der Waals surface area (Å²) >= 11 is 0. The maximum Gasteiger partial charge on any atom is 0.328 e. The van der Waals surface area contributed by atoms with Gasteiger partial charge in [-0.3, -0.25) is 14.5 Å². The molecule has 3 aromatic rings. The third-order valence-electron chi connectivity index (χ3n) is 5.66. The molecule has 7 nitrogen and oxygen atoms in total. The van der Waals surface area contributed by atoms with Gasteiger partial charge in [0.2, 0.25) is 5.95 Å². The highest BCUT2D eigenvalue weighted by Crippen LogP contribution is 2.19. The van der Waals surface area contributed by atoms with Crippen molar-refractivity contribution in [3.8, 4) is 0 Å². The summed E-state index contributed by atoms with van der Waals surface area (Å²) in [6.45, 7) is 10.1. The van der Waals surface area contributed by atoms with Gasteiger partial charge < -0.3 is 5.73 Å². The summed E-state index contributed by atoms with van der Waals surface area (Å²) < 4.78 is 1.73. The zero-order valence-corrected chi connectivity index (χ0v) is 18.8. The number of nitrogen functional groups attached to an aromatic ring is 1. The molecule has 1 aromatic carbocycles. The molecule has 30 heavy (non-hydrogen) atoms. The number of H-pyrrole nitrogens is 1. The molecular formula is C23H34N6O. The average molecular weight is 411 g/mol. The molecule has 0 aliphatic heterocycles. The number of aryl methyl sites for hydroxylation is 1. The molecule has 0 atom stereocenters. The Morgan fingerprint density at radius 1 is 1.10 bits per heavy atom. The van der Waals surface area contributed by atoms with Crippen LogP contribution in [0.4, 0.5) is 5.95 Å². The Labute approximate surface area is 178 Å². The molecule has 3 rings (SSSR count). The number of nitrogens with zero attached hydrogens (tertiary/aromatic N) is 4. The number of nitrogens with one attached hydrogen (secondary N) is 1. The van der Waals surface area contributed by atoms with Gasteiger partial charge in [0.15, 0.2) is 5.65 Å². The van der Waals surface area contributed by atoms with E-state index in [0.29, 0.717) is 12.2 Å². The minimum absolute atomic E-state index is 0.117. The van der Waals surface area contributed by atoms with Gasteiger partial charge in [0.25, 0.3) is 0 Å². The molecule has 0 aliphatic carbocycles. The van der Waals surface area contributed by atoms with Crippen molar-refractivity contribution in [3.63, 3.8) is 0 Å². The smallest absolute Gasteiger partial charge is 0.328 e. The third kappa shape index (κ3) is 5.08. The third-order valence-corrected chi connectivity index (χ3v) is 5.66. The van der Waals surface area contributed by atoms with E-state index in [2.05, 4.69) is 78.9 Å². The Kier molecular flexibility index (Phi) is 6.61. The van der Waals surface area contributed by atoms with E-state index in [-0.39, 0.29) is 17.2 Å². The van der Waals surface area contributed by atoms with E-state index >= 15 is 0 Å². The molecule has 0 saturated heterocycles. The van der Waals surface area contributed by atoms with Crippen LogP contribution in [0.25, 0.3) is 11.2 Å². The number of aromatic nitrogens is 4. The van der Waals surface area contributed by atoms with Crippen LogP contribution in [0.1, 0.15) is 63.8 Å². The van der Waals surface area contributed by atoms with Crippen molar-refractivity contribution < 1.29 is 0 Å². The Morgan fingerprint density at radius 2 is 1.77 bits per heavy atom. The molecule has 7 heteroatoms. The van der Waals surface area contributed by atoms with Gasteiger partial charge in [0, 0.05) is 12.1 Å². The van der Waals surface area contributed by atoms with Crippen LogP contribution in [0.3, 0.4) is 0 Å². The van der Waals surface area contributed by atoms with Crippen molar-refractivity contribution >= 4 is 17.1 Å². The molecule has 0 bridgehead atoms. The Balaban J connectivity index is 1.86. The standard InChI is InChI=1S/C23H34N6O/c1-6-7-8-9-18-19-20(26-21(24)25-18)27-22(30)29(19)15-17-12-10-16(11-13-17)14-28(5)23(2,3)4/h10-13H,6-9,14-15H2,1-5H3,(H3,24,25,26,27,30). The average Bonchev–Trinajstić information content (AvgIpc) is 2.97. The van der Waals surface area contributed by atoms with Gasteiger partial charge in [0.05, 0.1) is 12.2 Å². The number of anilines is 1. The molecule has 0 spiro atoms. The summed E-state index contributed by atoms with van der Waals surface area (Å²) in [5, 5.41) is 0. The van der Waals surface area contributed by atoms with Crippen molar-refractivity contribution in [1.29, 1.82) is 0 Å². The largest absolute Gasteiger partial charge is 0.368 e. The van der Waals surface area contributed by atoms with E-state index in [0.717, 1.165) is 49.0 Å². The fourth-order valence-corrected chi connectivity index (χ4v) is 3.47. The predicted molar refractivity (Wildman–Crippen MR) is 123 cm³/mol. The maximum absolute atomic E-state index is 12.7. The lowest BCUT2D eigenvalue weighted by Gasteiger charge is -2.31. The van der Waals surface area contributed by atoms with E-state index in [1.165, 1.54) is 5.56 Å². The summed E-state index contributed by atoms with van der Waals surface area (Å²) in [5.41, 5.74) is 10.2. The van der Waals surface area contributed by atoms with Crippen molar-refractivity contribution in [1.82, 2.24) is 24.4 Å². The van der Waals surface area contributed by atoms with Gasteiger partial charge in [-0.15, -0.1) is 0 Å². The summed E-state index contributed by atoms with van der Waals surface area (Å²) in [6, 6.07) is 8.44. The van der Waals surface area contributed by atoms with Crippen molar-refractivity contribution in [2.24, 2.45) is 0 Å². The number of hydrogen-bond acceptors (Lipinski definition) is 5. The Hall–Kier alpha value is -2.67. The van der Waals surface area contributed by atoms with Crippen LogP contribution in [0.2, 0.25) is 0 Å². The first-order chi connectivity index (χ1) is 14.2. The second-order valence-electron chi connectivity index (χ2n) is 9.04. The summed E-state index contributed by atoms with van der Waals surface area (Å²) in [4.78, 5) is 26.5. The van der Waals surface area contributed by atoms with E-state index in [4.69, 9.17) is 5.73 Å². The summed E-state index contributed by atoms with van der Waals surface area (Å²) in [7, 11) is 2.13. The van der Waals surface area contributed by atoms with Gasteiger partial charge in [-0.1, -0.05) is 44.0 Å². The molecule has 0 aliphatic rings. The van der Waals surface area contributed by atoms with E-state index in [9.17, 15) is 4.79 Å². The van der Waals surface area contributed by atoms with Gasteiger partial charge in [-0.2, -0.15) is 4.98 Å². The minimum atomic E-state index is -0.182. The number of unbranched alkanes of at least 4 members (excludes halogenated alkanes) is 2. The van der Waals surface area contributed by atoms with Crippen LogP contribution in [0, 0.1) is 0 Å². The quantitative estimate of drug-likeness (QED) is 0.552. The van der Waals surface area contributed by atoms with E-state index in [1.807, 2.05) is 0 Å². The van der Waals surface area contributed by atoms with Gasteiger partial charge >= 0.3 is 5.69 Å². The molecule has 3 N–H and O–H groups in total. The first-order valence-corrected chi connectivity index (χ1v) is 10.7. The number of hydrogen-bond donors (Lipinski definition) is 2. The molecule has 2 heterocycles. The topological polar surface area (TPSA) is 92.8 Å². The van der Waals surface area contributed by atoms with Crippen molar-refractivity contribution in [3.05, 3.63) is 51.6 Å². The van der Waals surface area contributed by atoms with E-state index < -0.39 is 0 Å². The summed E-state index contributed by atoms with van der Waals surface area (Å²) in [6.07, 6.45) is 4.04. The Morgan fingerprint density at radius 3 is 2.40 bits per heavy atom. The molecule has 0 amide bonds. The fraction of sp³-hybridized carbons (Fsp3) is 0.522. The first kappa shape index (κ1) is 22.0. The number of fused-ring (bicyclic) bond motifs is 1. The van der Waals surface area contributed by atoms with Crippen LogP contribution < -0.4 is 11.4 Å². The molecular weight excluding hydrogens is 376 g/mol. The van der Waals surface area contributed by atoms with Crippen molar-refractivity contribution in [2.45, 2.75) is 72.0 Å². The lowest BCUT2D eigenvalue weighted by atomic mass is 10.0. The zero-order chi connectivity index (χ0) is 21.9. The van der Waals surface area contributed by atoms with Gasteiger partial charge in [-0.05, 0) is 51.8 Å². The number of imidazole rings is 1. The monoisotopic (exact) mass is 410 g/mol. The number of nitrogens with two attached hydrogens (primary N) is 1. The SMILES string of the molecule is CCCCCc1nc(N)nc2[nH]c(=O)n(Cc3ccc(CN(C)C(C)(C)C)cc3)c12. The number of aromatic amines is 1. The lowest BCUT2D eigenvalue weighted by molar-refractivity contribution is 0.167. The number of benzene rings is 1. The lowest BCUT2D eigenvalue weighted by Crippen LogP contribution is -2.37. The van der Waals surface area contributed by atoms with Crippen LogP contribution in [0.5, 0.6) is 0 Å². The molecule has 162 valence electrons. The molecule has 0 saturated carbocycles. The highest BCUT2D eigenvalue weighted by Gasteiger charge is 2.17. The van der Waals surface area contributed by atoms with Gasteiger partial charge in [0.1, 0.15) is 5.52 Å². The predicted octanol–water partition coefficient (Wildman–Crippen LogP) is 3.71. The molecule has 0 fully saturated rings. The highest BCUT2D eigenvalue weighted by atomic mass is 16.1.